The van der Waals surface area contributed by atoms with Gasteiger partial charge in [0.15, 0.2) is 0 Å². The number of carbonyl (C=O) groups excluding carboxylic acids is 1. The maximum atomic E-state index is 13.1. The highest BCUT2D eigenvalue weighted by Crippen LogP contribution is 2.26. The molecule has 0 radical (unpaired) electrons. The first kappa shape index (κ1) is 21.7. The van der Waals surface area contributed by atoms with Crippen molar-refractivity contribution >= 4 is 21.6 Å². The van der Waals surface area contributed by atoms with Crippen LogP contribution in [-0.4, -0.2) is 42.5 Å². The number of amides is 1. The standard InChI is InChI=1S/C22H26N4O3S/c1-14-11-18(13-21(17(14)4)30(28,29)25(5)6)22(27)23-19-9-7-8-10-20(19)26-16(3)12-15(2)24-26/h7-13H,1-6H3,(H,23,27). The molecule has 1 heterocycles. The van der Waals surface area contributed by atoms with Crippen molar-refractivity contribution in [1.82, 2.24) is 14.1 Å². The quantitative estimate of drug-likeness (QED) is 0.675. The monoisotopic (exact) mass is 426 g/mol. The molecule has 3 rings (SSSR count). The lowest BCUT2D eigenvalue weighted by molar-refractivity contribution is 0.102. The number of carbonyl (C=O) groups is 1. The van der Waals surface area contributed by atoms with Gasteiger partial charge in [0.05, 0.1) is 22.0 Å². The van der Waals surface area contributed by atoms with Crippen LogP contribution in [-0.2, 0) is 10.0 Å². The van der Waals surface area contributed by atoms with Crippen LogP contribution in [0.4, 0.5) is 5.69 Å². The molecule has 0 saturated carbocycles. The van der Waals surface area contributed by atoms with Crippen LogP contribution in [0.3, 0.4) is 0 Å². The van der Waals surface area contributed by atoms with E-state index < -0.39 is 10.0 Å². The number of sulfonamides is 1. The normalized spacial score (nSPS) is 11.7. The molecule has 0 atom stereocenters. The average Bonchev–Trinajstić information content (AvgIpc) is 3.01. The van der Waals surface area contributed by atoms with Crippen molar-refractivity contribution in [3.05, 3.63) is 70.5 Å². The highest BCUT2D eigenvalue weighted by Gasteiger charge is 2.23. The number of nitrogens with zero attached hydrogens (tertiary/aromatic N) is 3. The summed E-state index contributed by atoms with van der Waals surface area (Å²) in [6.07, 6.45) is 0. The number of para-hydroxylation sites is 2. The Morgan fingerprint density at radius 1 is 1.03 bits per heavy atom. The zero-order valence-corrected chi connectivity index (χ0v) is 18.8. The Morgan fingerprint density at radius 3 is 2.30 bits per heavy atom. The number of aryl methyl sites for hydroxylation is 3. The summed E-state index contributed by atoms with van der Waals surface area (Å²) in [7, 11) is -0.726. The number of hydrogen-bond acceptors (Lipinski definition) is 4. The SMILES string of the molecule is Cc1cc(C)n(-c2ccccc2NC(=O)c2cc(C)c(C)c(S(=O)(=O)N(C)C)c2)n1. The molecular weight excluding hydrogens is 400 g/mol. The van der Waals surface area contributed by atoms with Crippen LogP contribution in [0.25, 0.3) is 5.69 Å². The van der Waals surface area contributed by atoms with E-state index in [1.165, 1.54) is 20.2 Å². The second-order valence-electron chi connectivity index (χ2n) is 7.51. The summed E-state index contributed by atoms with van der Waals surface area (Å²) < 4.78 is 28.3. The molecule has 30 heavy (non-hydrogen) atoms. The zero-order valence-electron chi connectivity index (χ0n) is 18.0. The summed E-state index contributed by atoms with van der Waals surface area (Å²) >= 11 is 0. The molecule has 1 amide bonds. The van der Waals surface area contributed by atoms with E-state index in [-0.39, 0.29) is 16.4 Å². The Kier molecular flexibility index (Phi) is 5.83. The van der Waals surface area contributed by atoms with Gasteiger partial charge in [0.1, 0.15) is 0 Å². The Balaban J connectivity index is 2.03. The van der Waals surface area contributed by atoms with Crippen molar-refractivity contribution in [3.63, 3.8) is 0 Å². The first-order valence-corrected chi connectivity index (χ1v) is 10.9. The minimum Gasteiger partial charge on any atom is -0.320 e. The van der Waals surface area contributed by atoms with Gasteiger partial charge in [0.2, 0.25) is 10.0 Å². The predicted octanol–water partition coefficient (Wildman–Crippen LogP) is 3.61. The van der Waals surface area contributed by atoms with Crippen LogP contribution in [0.15, 0.2) is 47.4 Å². The second kappa shape index (κ2) is 8.04. The first-order chi connectivity index (χ1) is 14.0. The van der Waals surface area contributed by atoms with Crippen molar-refractivity contribution < 1.29 is 13.2 Å². The van der Waals surface area contributed by atoms with Crippen LogP contribution >= 0.6 is 0 Å². The second-order valence-corrected chi connectivity index (χ2v) is 9.63. The topological polar surface area (TPSA) is 84.3 Å². The molecule has 3 aromatic rings. The molecule has 0 unspecified atom stereocenters. The van der Waals surface area contributed by atoms with E-state index in [0.29, 0.717) is 11.3 Å². The summed E-state index contributed by atoms with van der Waals surface area (Å²) in [4.78, 5) is 13.2. The van der Waals surface area contributed by atoms with Gasteiger partial charge in [-0.05, 0) is 69.2 Å². The zero-order chi connectivity index (χ0) is 22.2. The fourth-order valence-corrected chi connectivity index (χ4v) is 4.47. The molecule has 0 saturated heterocycles. The number of anilines is 1. The van der Waals surface area contributed by atoms with Gasteiger partial charge in [-0.15, -0.1) is 0 Å². The number of hydrogen-bond donors (Lipinski definition) is 1. The van der Waals surface area contributed by atoms with Gasteiger partial charge >= 0.3 is 0 Å². The van der Waals surface area contributed by atoms with Crippen LogP contribution < -0.4 is 5.32 Å². The third-order valence-electron chi connectivity index (χ3n) is 5.03. The van der Waals surface area contributed by atoms with Gasteiger partial charge < -0.3 is 5.32 Å². The Morgan fingerprint density at radius 2 is 1.70 bits per heavy atom. The maximum absolute atomic E-state index is 13.1. The fourth-order valence-electron chi connectivity index (χ4n) is 3.25. The lowest BCUT2D eigenvalue weighted by Gasteiger charge is -2.17. The van der Waals surface area contributed by atoms with Crippen LogP contribution in [0.1, 0.15) is 32.9 Å². The molecule has 0 spiro atoms. The van der Waals surface area contributed by atoms with Crippen molar-refractivity contribution in [3.8, 4) is 5.69 Å². The van der Waals surface area contributed by atoms with E-state index >= 15 is 0 Å². The number of nitrogens with one attached hydrogen (secondary N) is 1. The van der Waals surface area contributed by atoms with Gasteiger partial charge in [0, 0.05) is 25.4 Å². The van der Waals surface area contributed by atoms with E-state index in [1.54, 1.807) is 30.7 Å². The molecule has 0 bridgehead atoms. The number of benzene rings is 2. The Bertz CT molecular complexity index is 1230. The summed E-state index contributed by atoms with van der Waals surface area (Å²) in [5, 5.41) is 7.40. The van der Waals surface area contributed by atoms with Gasteiger partial charge in [0.25, 0.3) is 5.91 Å². The van der Waals surface area contributed by atoms with E-state index in [2.05, 4.69) is 10.4 Å². The van der Waals surface area contributed by atoms with Gasteiger partial charge in [-0.2, -0.15) is 5.10 Å². The maximum Gasteiger partial charge on any atom is 0.255 e. The fraction of sp³-hybridized carbons (Fsp3) is 0.273. The molecule has 0 aliphatic heterocycles. The lowest BCUT2D eigenvalue weighted by atomic mass is 10.1. The highest BCUT2D eigenvalue weighted by atomic mass is 32.2. The van der Waals surface area contributed by atoms with Crippen molar-refractivity contribution in [1.29, 1.82) is 0 Å². The third kappa shape index (κ3) is 4.01. The highest BCUT2D eigenvalue weighted by molar-refractivity contribution is 7.89. The number of rotatable bonds is 5. The van der Waals surface area contributed by atoms with E-state index in [1.807, 2.05) is 38.1 Å². The molecule has 0 fully saturated rings. The molecule has 7 nitrogen and oxygen atoms in total. The predicted molar refractivity (Wildman–Crippen MR) is 118 cm³/mol. The molecule has 2 aromatic carbocycles. The molecule has 1 N–H and O–H groups in total. The Hall–Kier alpha value is -2.97. The minimum atomic E-state index is -3.67. The van der Waals surface area contributed by atoms with Gasteiger partial charge in [-0.3, -0.25) is 4.79 Å². The number of aromatic nitrogens is 2. The van der Waals surface area contributed by atoms with Crippen LogP contribution in [0, 0.1) is 27.7 Å². The molecule has 8 heteroatoms. The van der Waals surface area contributed by atoms with E-state index in [0.717, 1.165) is 26.9 Å². The molecular formula is C22H26N4O3S. The Labute approximate surface area is 177 Å². The van der Waals surface area contributed by atoms with Crippen molar-refractivity contribution in [2.45, 2.75) is 32.6 Å². The van der Waals surface area contributed by atoms with E-state index in [9.17, 15) is 13.2 Å². The van der Waals surface area contributed by atoms with Crippen molar-refractivity contribution in [2.75, 3.05) is 19.4 Å². The van der Waals surface area contributed by atoms with Crippen molar-refractivity contribution in [2.24, 2.45) is 0 Å². The van der Waals surface area contributed by atoms with Crippen LogP contribution in [0.5, 0.6) is 0 Å². The average molecular weight is 427 g/mol. The minimum absolute atomic E-state index is 0.129. The molecule has 158 valence electrons. The first-order valence-electron chi connectivity index (χ1n) is 9.50. The lowest BCUT2D eigenvalue weighted by Crippen LogP contribution is -2.24. The largest absolute Gasteiger partial charge is 0.320 e. The van der Waals surface area contributed by atoms with Gasteiger partial charge in [-0.25, -0.2) is 17.4 Å². The molecule has 0 aliphatic rings. The summed E-state index contributed by atoms with van der Waals surface area (Å²) in [5.41, 5.74) is 4.78. The summed E-state index contributed by atoms with van der Waals surface area (Å²) in [6, 6.07) is 12.5. The van der Waals surface area contributed by atoms with Gasteiger partial charge in [-0.1, -0.05) is 12.1 Å². The smallest absolute Gasteiger partial charge is 0.255 e. The molecule has 0 aliphatic carbocycles. The van der Waals surface area contributed by atoms with Crippen LogP contribution in [0.2, 0.25) is 0 Å². The summed E-state index contributed by atoms with van der Waals surface area (Å²) in [6.45, 7) is 7.39. The third-order valence-corrected chi connectivity index (χ3v) is 6.97. The van der Waals surface area contributed by atoms with E-state index in [4.69, 9.17) is 0 Å². The molecule has 1 aromatic heterocycles. The summed E-state index contributed by atoms with van der Waals surface area (Å²) in [5.74, 6) is -0.387.